The molecule has 1 saturated heterocycles. The summed E-state index contributed by atoms with van der Waals surface area (Å²) in [7, 11) is 1.81. The van der Waals surface area contributed by atoms with Crippen molar-refractivity contribution in [1.29, 1.82) is 0 Å². The van der Waals surface area contributed by atoms with Crippen molar-refractivity contribution in [2.24, 2.45) is 10.9 Å². The van der Waals surface area contributed by atoms with Crippen LogP contribution in [0.15, 0.2) is 10.4 Å². The normalized spacial score (nSPS) is 17.3. The Hall–Kier alpha value is -0.610. The molecular weight excluding hydrogens is 461 g/mol. The maximum Gasteiger partial charge on any atom is 0.190 e. The molecule has 1 aromatic heterocycles. The zero-order valence-corrected chi connectivity index (χ0v) is 18.9. The van der Waals surface area contributed by atoms with E-state index < -0.39 is 0 Å². The topological polar surface area (TPSA) is 61.8 Å². The molecule has 3 rings (SSSR count). The summed E-state index contributed by atoms with van der Waals surface area (Å²) in [6.07, 6.45) is 7.24. The van der Waals surface area contributed by atoms with E-state index in [1.54, 1.807) is 11.3 Å². The van der Waals surface area contributed by atoms with Gasteiger partial charge in [-0.1, -0.05) is 0 Å². The fourth-order valence-electron chi connectivity index (χ4n) is 2.91. The highest BCUT2D eigenvalue weighted by Crippen LogP contribution is 2.28. The van der Waals surface area contributed by atoms with Crippen LogP contribution in [-0.4, -0.2) is 57.4 Å². The first-order valence-electron chi connectivity index (χ1n) is 9.57. The van der Waals surface area contributed by atoms with Crippen molar-refractivity contribution in [3.8, 4) is 0 Å². The molecule has 0 atom stereocenters. The SMILES string of the molecule is CN=C(NCCCOCC1CC1)NCCc1csc(N2CCCC2)n1.I. The van der Waals surface area contributed by atoms with Crippen molar-refractivity contribution in [1.82, 2.24) is 15.6 Å². The van der Waals surface area contributed by atoms with E-state index in [2.05, 4.69) is 25.9 Å². The number of rotatable bonds is 10. The number of hydrogen-bond donors (Lipinski definition) is 2. The number of hydrogen-bond acceptors (Lipinski definition) is 5. The number of aliphatic imine (C=N–C) groups is 1. The Labute approximate surface area is 178 Å². The van der Waals surface area contributed by atoms with Crippen LogP contribution in [0.5, 0.6) is 0 Å². The Morgan fingerprint density at radius 1 is 1.31 bits per heavy atom. The second-order valence-electron chi connectivity index (χ2n) is 6.86. The van der Waals surface area contributed by atoms with Gasteiger partial charge in [0.15, 0.2) is 11.1 Å². The second-order valence-corrected chi connectivity index (χ2v) is 7.70. The molecule has 0 radical (unpaired) electrons. The smallest absolute Gasteiger partial charge is 0.190 e. The average molecular weight is 493 g/mol. The molecule has 0 amide bonds. The summed E-state index contributed by atoms with van der Waals surface area (Å²) in [6, 6.07) is 0. The van der Waals surface area contributed by atoms with Crippen molar-refractivity contribution < 1.29 is 4.74 Å². The summed E-state index contributed by atoms with van der Waals surface area (Å²) in [5.74, 6) is 1.70. The molecule has 2 fully saturated rings. The first-order valence-corrected chi connectivity index (χ1v) is 10.4. The lowest BCUT2D eigenvalue weighted by atomic mass is 10.3. The number of guanidine groups is 1. The molecule has 2 aliphatic rings. The van der Waals surface area contributed by atoms with Crippen LogP contribution in [0.3, 0.4) is 0 Å². The Morgan fingerprint density at radius 2 is 2.08 bits per heavy atom. The summed E-state index contributed by atoms with van der Waals surface area (Å²) in [6.45, 7) is 5.83. The number of thiazole rings is 1. The molecule has 1 aliphatic heterocycles. The monoisotopic (exact) mass is 493 g/mol. The Balaban J connectivity index is 0.00000243. The van der Waals surface area contributed by atoms with Crippen LogP contribution in [0.2, 0.25) is 0 Å². The van der Waals surface area contributed by atoms with Gasteiger partial charge in [-0.25, -0.2) is 4.98 Å². The van der Waals surface area contributed by atoms with E-state index in [-0.39, 0.29) is 24.0 Å². The predicted octanol–water partition coefficient (Wildman–Crippen LogP) is 2.89. The van der Waals surface area contributed by atoms with Crippen molar-refractivity contribution in [3.63, 3.8) is 0 Å². The van der Waals surface area contributed by atoms with Gasteiger partial charge in [-0.05, 0) is 38.0 Å². The van der Waals surface area contributed by atoms with E-state index in [0.29, 0.717) is 0 Å². The van der Waals surface area contributed by atoms with Gasteiger partial charge in [0.1, 0.15) is 0 Å². The van der Waals surface area contributed by atoms with E-state index >= 15 is 0 Å². The lowest BCUT2D eigenvalue weighted by Gasteiger charge is -2.12. The molecule has 6 nitrogen and oxygen atoms in total. The van der Waals surface area contributed by atoms with E-state index in [1.165, 1.54) is 36.5 Å². The molecule has 2 heterocycles. The van der Waals surface area contributed by atoms with Crippen LogP contribution in [0.1, 0.15) is 37.8 Å². The third kappa shape index (κ3) is 7.56. The van der Waals surface area contributed by atoms with Gasteiger partial charge < -0.3 is 20.3 Å². The zero-order chi connectivity index (χ0) is 17.3. The van der Waals surface area contributed by atoms with Crippen LogP contribution < -0.4 is 15.5 Å². The van der Waals surface area contributed by atoms with Crippen molar-refractivity contribution in [3.05, 3.63) is 11.1 Å². The second kappa shape index (κ2) is 12.0. The van der Waals surface area contributed by atoms with Crippen LogP contribution in [0.4, 0.5) is 5.13 Å². The van der Waals surface area contributed by atoms with Gasteiger partial charge in [-0.3, -0.25) is 4.99 Å². The van der Waals surface area contributed by atoms with Crippen molar-refractivity contribution >= 4 is 46.4 Å². The maximum absolute atomic E-state index is 5.65. The number of anilines is 1. The number of nitrogens with one attached hydrogen (secondary N) is 2. The van der Waals surface area contributed by atoms with E-state index in [4.69, 9.17) is 9.72 Å². The van der Waals surface area contributed by atoms with Gasteiger partial charge in [-0.15, -0.1) is 35.3 Å². The van der Waals surface area contributed by atoms with Gasteiger partial charge in [-0.2, -0.15) is 0 Å². The van der Waals surface area contributed by atoms with Gasteiger partial charge in [0, 0.05) is 58.2 Å². The highest BCUT2D eigenvalue weighted by molar-refractivity contribution is 14.0. The summed E-state index contributed by atoms with van der Waals surface area (Å²) in [5, 5.41) is 10.1. The van der Waals surface area contributed by atoms with Gasteiger partial charge in [0.25, 0.3) is 0 Å². The first-order chi connectivity index (χ1) is 12.3. The molecule has 2 N–H and O–H groups in total. The quantitative estimate of drug-likeness (QED) is 0.227. The highest BCUT2D eigenvalue weighted by Gasteiger charge is 2.20. The van der Waals surface area contributed by atoms with Crippen LogP contribution >= 0.6 is 35.3 Å². The standard InChI is InChI=1S/C18H31N5OS.HI/c1-19-17(20-8-4-12-24-13-15-5-6-15)21-9-7-16-14-25-18(22-16)23-10-2-3-11-23;/h14-15H,2-13H2,1H3,(H2,19,20,21);1H. The number of halogens is 1. The molecular formula is C18H32IN5OS. The fraction of sp³-hybridized carbons (Fsp3) is 0.778. The predicted molar refractivity (Wildman–Crippen MR) is 120 cm³/mol. The summed E-state index contributed by atoms with van der Waals surface area (Å²) >= 11 is 1.77. The van der Waals surface area contributed by atoms with Crippen LogP contribution in [-0.2, 0) is 11.2 Å². The molecule has 8 heteroatoms. The zero-order valence-electron chi connectivity index (χ0n) is 15.7. The van der Waals surface area contributed by atoms with Gasteiger partial charge >= 0.3 is 0 Å². The Kier molecular flexibility index (Phi) is 9.98. The molecule has 1 aromatic rings. The third-order valence-electron chi connectivity index (χ3n) is 4.62. The molecule has 1 aliphatic carbocycles. The van der Waals surface area contributed by atoms with Crippen molar-refractivity contribution in [2.75, 3.05) is 51.3 Å². The minimum absolute atomic E-state index is 0. The minimum atomic E-state index is 0. The molecule has 148 valence electrons. The van der Waals surface area contributed by atoms with Crippen LogP contribution in [0.25, 0.3) is 0 Å². The summed E-state index contributed by atoms with van der Waals surface area (Å²) in [4.78, 5) is 11.4. The Morgan fingerprint density at radius 3 is 2.81 bits per heavy atom. The lowest BCUT2D eigenvalue weighted by Crippen LogP contribution is -2.39. The average Bonchev–Trinajstić information content (AvgIpc) is 3.10. The largest absolute Gasteiger partial charge is 0.381 e. The molecule has 0 spiro atoms. The highest BCUT2D eigenvalue weighted by atomic mass is 127. The van der Waals surface area contributed by atoms with E-state index in [9.17, 15) is 0 Å². The van der Waals surface area contributed by atoms with Gasteiger partial charge in [0.2, 0.25) is 0 Å². The molecule has 0 unspecified atom stereocenters. The third-order valence-corrected chi connectivity index (χ3v) is 5.57. The first kappa shape index (κ1) is 21.7. The molecule has 0 aromatic carbocycles. The number of aromatic nitrogens is 1. The van der Waals surface area contributed by atoms with Gasteiger partial charge in [0.05, 0.1) is 5.69 Å². The lowest BCUT2D eigenvalue weighted by molar-refractivity contribution is 0.123. The molecule has 26 heavy (non-hydrogen) atoms. The number of nitrogens with zero attached hydrogens (tertiary/aromatic N) is 3. The fourth-order valence-corrected chi connectivity index (χ4v) is 3.82. The summed E-state index contributed by atoms with van der Waals surface area (Å²) < 4.78 is 5.65. The maximum atomic E-state index is 5.65. The molecule has 1 saturated carbocycles. The van der Waals surface area contributed by atoms with E-state index in [1.807, 2.05) is 7.05 Å². The minimum Gasteiger partial charge on any atom is -0.381 e. The Bertz CT molecular complexity index is 543. The van der Waals surface area contributed by atoms with Crippen molar-refractivity contribution in [2.45, 2.75) is 38.5 Å². The van der Waals surface area contributed by atoms with E-state index in [0.717, 1.165) is 64.1 Å². The van der Waals surface area contributed by atoms with Crippen LogP contribution in [0, 0.1) is 5.92 Å². The number of ether oxygens (including phenoxy) is 1. The summed E-state index contributed by atoms with van der Waals surface area (Å²) in [5.41, 5.74) is 1.17. The molecule has 0 bridgehead atoms.